The van der Waals surface area contributed by atoms with Crippen LogP contribution in [0.25, 0.3) is 0 Å². The average molecular weight is 338 g/mol. The van der Waals surface area contributed by atoms with Gasteiger partial charge in [0.25, 0.3) is 0 Å². The van der Waals surface area contributed by atoms with Gasteiger partial charge in [0.2, 0.25) is 10.0 Å². The van der Waals surface area contributed by atoms with E-state index in [1.807, 2.05) is 0 Å². The normalized spacial score (nSPS) is 24.5. The molecule has 0 saturated heterocycles. The molecule has 126 valence electrons. The second kappa shape index (κ2) is 8.06. The Morgan fingerprint density at radius 2 is 1.76 bits per heavy atom. The number of ether oxygens (including phenoxy) is 1. The molecule has 0 amide bonds. The minimum Gasteiger partial charge on any atom is -0.393 e. The van der Waals surface area contributed by atoms with Crippen molar-refractivity contribution in [2.75, 3.05) is 26.1 Å². The number of hydrogen-bond donors (Lipinski definition) is 1. The lowest BCUT2D eigenvalue weighted by Gasteiger charge is -2.27. The van der Waals surface area contributed by atoms with E-state index in [4.69, 9.17) is 4.74 Å². The maximum absolute atomic E-state index is 12.3. The summed E-state index contributed by atoms with van der Waals surface area (Å²) in [5, 5.41) is 9.47. The summed E-state index contributed by atoms with van der Waals surface area (Å²) in [7, 11) is -2.80. The molecule has 7 heteroatoms. The van der Waals surface area contributed by atoms with Crippen molar-refractivity contribution in [2.24, 2.45) is 5.92 Å². The van der Waals surface area contributed by atoms with Crippen LogP contribution in [0.2, 0.25) is 25.7 Å². The fourth-order valence-corrected chi connectivity index (χ4v) is 4.56. The Kier molecular flexibility index (Phi) is 7.32. The summed E-state index contributed by atoms with van der Waals surface area (Å²) in [4.78, 5) is 0. The summed E-state index contributed by atoms with van der Waals surface area (Å²) < 4.78 is 31.4. The Morgan fingerprint density at radius 1 is 1.19 bits per heavy atom. The van der Waals surface area contributed by atoms with Crippen molar-refractivity contribution in [3.63, 3.8) is 0 Å². The lowest BCUT2D eigenvalue weighted by molar-refractivity contribution is 0.0894. The maximum Gasteiger partial charge on any atom is 0.216 e. The Labute approximate surface area is 130 Å². The van der Waals surface area contributed by atoms with Crippen LogP contribution >= 0.6 is 0 Å². The van der Waals surface area contributed by atoms with E-state index in [1.54, 1.807) is 7.05 Å². The molecule has 0 bridgehead atoms. The Morgan fingerprint density at radius 3 is 2.29 bits per heavy atom. The SMILES string of the molecule is CN(COCC[Si](C)(C)C)S(=O)(=O)C[C@H]1CC[C@H](O)CC1. The fraction of sp³-hybridized carbons (Fsp3) is 1.00. The molecule has 0 spiro atoms. The standard InChI is InChI=1S/C14H31NO4SSi/c1-15(12-19-9-10-21(2,3)4)20(17,18)11-13-5-7-14(16)8-6-13/h13-14,16H,5-12H2,1-4H3/t13-,14-. The van der Waals surface area contributed by atoms with Gasteiger partial charge >= 0.3 is 0 Å². The minimum atomic E-state index is -3.26. The van der Waals surface area contributed by atoms with Crippen LogP contribution in [0.5, 0.6) is 0 Å². The number of aliphatic hydroxyl groups is 1. The second-order valence-electron chi connectivity index (χ2n) is 7.40. The first-order valence-electron chi connectivity index (χ1n) is 7.80. The molecule has 0 radical (unpaired) electrons. The van der Waals surface area contributed by atoms with Crippen LogP contribution in [-0.2, 0) is 14.8 Å². The summed E-state index contributed by atoms with van der Waals surface area (Å²) in [6.07, 6.45) is 2.79. The first kappa shape index (κ1) is 19.1. The molecule has 1 rings (SSSR count). The van der Waals surface area contributed by atoms with Crippen LogP contribution in [0, 0.1) is 5.92 Å². The van der Waals surface area contributed by atoms with Gasteiger partial charge in [0.1, 0.15) is 6.73 Å². The molecule has 0 atom stereocenters. The largest absolute Gasteiger partial charge is 0.393 e. The van der Waals surface area contributed by atoms with Crippen molar-refractivity contribution in [2.45, 2.75) is 57.5 Å². The summed E-state index contributed by atoms with van der Waals surface area (Å²) >= 11 is 0. The van der Waals surface area contributed by atoms with Gasteiger partial charge in [-0.05, 0) is 37.6 Å². The van der Waals surface area contributed by atoms with Crippen molar-refractivity contribution in [3.8, 4) is 0 Å². The third-order valence-electron chi connectivity index (χ3n) is 4.01. The molecule has 1 saturated carbocycles. The molecule has 1 aliphatic rings. The summed E-state index contributed by atoms with van der Waals surface area (Å²) in [6, 6.07) is 1.04. The summed E-state index contributed by atoms with van der Waals surface area (Å²) in [6.45, 7) is 7.59. The molecule has 1 fully saturated rings. The molecule has 0 heterocycles. The predicted molar refractivity (Wildman–Crippen MR) is 88.5 cm³/mol. The van der Waals surface area contributed by atoms with Crippen molar-refractivity contribution in [1.82, 2.24) is 4.31 Å². The minimum absolute atomic E-state index is 0.141. The molecule has 0 aromatic carbocycles. The number of nitrogens with zero attached hydrogens (tertiary/aromatic N) is 1. The molecule has 0 aliphatic heterocycles. The quantitative estimate of drug-likeness (QED) is 0.418. The van der Waals surface area contributed by atoms with Crippen LogP contribution in [0.1, 0.15) is 25.7 Å². The topological polar surface area (TPSA) is 66.8 Å². The second-order valence-corrected chi connectivity index (χ2v) is 15.1. The first-order chi connectivity index (χ1) is 9.60. The zero-order valence-electron chi connectivity index (χ0n) is 13.8. The van der Waals surface area contributed by atoms with Gasteiger partial charge < -0.3 is 9.84 Å². The third-order valence-corrected chi connectivity index (χ3v) is 7.66. The van der Waals surface area contributed by atoms with E-state index in [9.17, 15) is 13.5 Å². The van der Waals surface area contributed by atoms with E-state index in [1.165, 1.54) is 4.31 Å². The van der Waals surface area contributed by atoms with E-state index >= 15 is 0 Å². The van der Waals surface area contributed by atoms with E-state index < -0.39 is 18.1 Å². The predicted octanol–water partition coefficient (Wildman–Crippen LogP) is 2.11. The zero-order chi connectivity index (χ0) is 16.1. The van der Waals surface area contributed by atoms with Crippen molar-refractivity contribution >= 4 is 18.1 Å². The number of sulfonamides is 1. The van der Waals surface area contributed by atoms with Crippen LogP contribution < -0.4 is 0 Å². The summed E-state index contributed by atoms with van der Waals surface area (Å²) in [5.74, 6) is 0.343. The van der Waals surface area contributed by atoms with E-state index in [2.05, 4.69) is 19.6 Å². The first-order valence-corrected chi connectivity index (χ1v) is 13.1. The van der Waals surface area contributed by atoms with E-state index in [0.29, 0.717) is 6.61 Å². The molecule has 5 nitrogen and oxygen atoms in total. The van der Waals surface area contributed by atoms with Crippen LogP contribution in [0.4, 0.5) is 0 Å². The van der Waals surface area contributed by atoms with Crippen LogP contribution in [-0.4, -0.2) is 58.1 Å². The number of hydrogen-bond acceptors (Lipinski definition) is 4. The van der Waals surface area contributed by atoms with Crippen molar-refractivity contribution in [3.05, 3.63) is 0 Å². The van der Waals surface area contributed by atoms with Crippen LogP contribution in [0.15, 0.2) is 0 Å². The Bertz CT molecular complexity index is 400. The van der Waals surface area contributed by atoms with Crippen LogP contribution in [0.3, 0.4) is 0 Å². The smallest absolute Gasteiger partial charge is 0.216 e. The molecule has 0 aromatic rings. The van der Waals surface area contributed by atoms with Gasteiger partial charge in [-0.25, -0.2) is 8.42 Å². The zero-order valence-corrected chi connectivity index (χ0v) is 15.7. The molecule has 1 aliphatic carbocycles. The van der Waals surface area contributed by atoms with Gasteiger partial charge in [-0.15, -0.1) is 0 Å². The molecule has 1 N–H and O–H groups in total. The van der Waals surface area contributed by atoms with Gasteiger partial charge in [-0.2, -0.15) is 4.31 Å². The molecular formula is C14H31NO4SSi. The fourth-order valence-electron chi connectivity index (χ4n) is 2.39. The highest BCUT2D eigenvalue weighted by Crippen LogP contribution is 2.26. The lowest BCUT2D eigenvalue weighted by Crippen LogP contribution is -2.35. The van der Waals surface area contributed by atoms with Crippen molar-refractivity contribution < 1.29 is 18.3 Å². The highest BCUT2D eigenvalue weighted by Gasteiger charge is 2.27. The van der Waals surface area contributed by atoms with Gasteiger partial charge in [0, 0.05) is 21.7 Å². The number of aliphatic hydroxyl groups excluding tert-OH is 1. The highest BCUT2D eigenvalue weighted by atomic mass is 32.2. The van der Waals surface area contributed by atoms with Gasteiger partial charge in [-0.3, -0.25) is 0 Å². The molecule has 0 unspecified atom stereocenters. The molecular weight excluding hydrogens is 306 g/mol. The van der Waals surface area contributed by atoms with Gasteiger partial charge in [0.15, 0.2) is 0 Å². The molecule has 21 heavy (non-hydrogen) atoms. The lowest BCUT2D eigenvalue weighted by atomic mass is 9.89. The van der Waals surface area contributed by atoms with E-state index in [0.717, 1.165) is 31.7 Å². The van der Waals surface area contributed by atoms with Crippen molar-refractivity contribution in [1.29, 1.82) is 0 Å². The average Bonchev–Trinajstić information content (AvgIpc) is 2.35. The Balaban J connectivity index is 2.32. The highest BCUT2D eigenvalue weighted by molar-refractivity contribution is 7.89. The number of rotatable bonds is 8. The summed E-state index contributed by atoms with van der Waals surface area (Å²) in [5.41, 5.74) is 0. The Hall–Kier alpha value is 0.0469. The van der Waals surface area contributed by atoms with Gasteiger partial charge in [0.05, 0.1) is 11.9 Å². The maximum atomic E-state index is 12.3. The third kappa shape index (κ3) is 7.74. The van der Waals surface area contributed by atoms with Gasteiger partial charge in [-0.1, -0.05) is 19.6 Å². The van der Waals surface area contributed by atoms with E-state index in [-0.39, 0.29) is 24.5 Å². The molecule has 0 aromatic heterocycles. The monoisotopic (exact) mass is 337 g/mol.